The molecule has 0 aromatic carbocycles. The Labute approximate surface area is 68.5 Å². The van der Waals surface area contributed by atoms with Crippen LogP contribution < -0.4 is 4.72 Å². The summed E-state index contributed by atoms with van der Waals surface area (Å²) in [6.07, 6.45) is 1.52. The molecule has 0 aliphatic carbocycles. The van der Waals surface area contributed by atoms with E-state index in [4.69, 9.17) is 0 Å². The van der Waals surface area contributed by atoms with Gasteiger partial charge >= 0.3 is 0 Å². The van der Waals surface area contributed by atoms with Crippen LogP contribution in [-0.4, -0.2) is 19.7 Å². The van der Waals surface area contributed by atoms with Crippen LogP contribution >= 0.6 is 0 Å². The van der Waals surface area contributed by atoms with Crippen molar-refractivity contribution in [2.75, 3.05) is 6.54 Å². The van der Waals surface area contributed by atoms with Crippen molar-refractivity contribution in [1.82, 2.24) is 4.72 Å². The van der Waals surface area contributed by atoms with Crippen molar-refractivity contribution in [2.24, 2.45) is 0 Å². The highest BCUT2D eigenvalue weighted by molar-refractivity contribution is 7.90. The molecule has 66 valence electrons. The van der Waals surface area contributed by atoms with E-state index in [0.29, 0.717) is 6.54 Å². The molecule has 1 N–H and O–H groups in total. The van der Waals surface area contributed by atoms with Crippen LogP contribution in [0, 0.1) is 0 Å². The number of hydrogen-bond donors (Lipinski definition) is 1. The number of rotatable bonds is 3. The van der Waals surface area contributed by atoms with E-state index in [1.54, 1.807) is 20.8 Å². The Bertz CT molecular complexity index is 223. The van der Waals surface area contributed by atoms with Crippen molar-refractivity contribution < 1.29 is 8.42 Å². The summed E-state index contributed by atoms with van der Waals surface area (Å²) in [6.45, 7) is 8.66. The summed E-state index contributed by atoms with van der Waals surface area (Å²) < 4.78 is 24.2. The topological polar surface area (TPSA) is 46.2 Å². The molecule has 4 heteroatoms. The predicted molar refractivity (Wildman–Crippen MR) is 46.9 cm³/mol. The standard InChI is InChI=1S/C7H15NO2S/c1-5-6-8-11(9,10)7(2,3)4/h5,8H,1,6H2,2-4H3. The average Bonchev–Trinajstić information content (AvgIpc) is 1.81. The fourth-order valence-corrected chi connectivity index (χ4v) is 1.16. The molecule has 0 rings (SSSR count). The third-order valence-electron chi connectivity index (χ3n) is 1.22. The maximum atomic E-state index is 11.3. The van der Waals surface area contributed by atoms with Gasteiger partial charge in [0, 0.05) is 6.54 Å². The molecule has 0 unspecified atom stereocenters. The van der Waals surface area contributed by atoms with Gasteiger partial charge in [-0.25, -0.2) is 13.1 Å². The summed E-state index contributed by atoms with van der Waals surface area (Å²) in [5.74, 6) is 0. The Kier molecular flexibility index (Phi) is 3.26. The van der Waals surface area contributed by atoms with Gasteiger partial charge in [0.15, 0.2) is 0 Å². The Morgan fingerprint density at radius 2 is 1.91 bits per heavy atom. The SMILES string of the molecule is C=CCNS(=O)(=O)C(C)(C)C. The van der Waals surface area contributed by atoms with E-state index < -0.39 is 14.8 Å². The van der Waals surface area contributed by atoms with Gasteiger partial charge in [0.05, 0.1) is 4.75 Å². The first kappa shape index (κ1) is 10.7. The van der Waals surface area contributed by atoms with Crippen LogP contribution in [0.3, 0.4) is 0 Å². The fraction of sp³-hybridized carbons (Fsp3) is 0.714. The second-order valence-electron chi connectivity index (χ2n) is 3.25. The van der Waals surface area contributed by atoms with E-state index in [0.717, 1.165) is 0 Å². The first-order chi connectivity index (χ1) is 4.81. The van der Waals surface area contributed by atoms with Crippen molar-refractivity contribution in [2.45, 2.75) is 25.5 Å². The number of hydrogen-bond acceptors (Lipinski definition) is 2. The van der Waals surface area contributed by atoms with Crippen LogP contribution in [0.4, 0.5) is 0 Å². The van der Waals surface area contributed by atoms with E-state index in [2.05, 4.69) is 11.3 Å². The second kappa shape index (κ2) is 3.36. The highest BCUT2D eigenvalue weighted by Crippen LogP contribution is 2.12. The van der Waals surface area contributed by atoms with Crippen LogP contribution in [0.2, 0.25) is 0 Å². The lowest BCUT2D eigenvalue weighted by molar-refractivity contribution is 0.549. The van der Waals surface area contributed by atoms with Gasteiger partial charge in [-0.1, -0.05) is 6.08 Å². The van der Waals surface area contributed by atoms with E-state index in [9.17, 15) is 8.42 Å². The molecule has 0 spiro atoms. The molecule has 0 atom stereocenters. The third-order valence-corrected chi connectivity index (χ3v) is 3.38. The van der Waals surface area contributed by atoms with Crippen molar-refractivity contribution in [3.63, 3.8) is 0 Å². The molecule has 0 saturated heterocycles. The Hall–Kier alpha value is -0.350. The van der Waals surface area contributed by atoms with E-state index in [1.165, 1.54) is 6.08 Å². The molecular formula is C7H15NO2S. The van der Waals surface area contributed by atoms with Gasteiger partial charge in [0.1, 0.15) is 0 Å². The summed E-state index contributed by atoms with van der Waals surface area (Å²) in [6, 6.07) is 0. The lowest BCUT2D eigenvalue weighted by Gasteiger charge is -2.18. The van der Waals surface area contributed by atoms with Crippen LogP contribution in [0.1, 0.15) is 20.8 Å². The van der Waals surface area contributed by atoms with Gasteiger partial charge in [-0.05, 0) is 20.8 Å². The molecule has 0 heterocycles. The zero-order valence-corrected chi connectivity index (χ0v) is 8.03. The van der Waals surface area contributed by atoms with Gasteiger partial charge in [0.25, 0.3) is 0 Å². The van der Waals surface area contributed by atoms with Crippen molar-refractivity contribution in [1.29, 1.82) is 0 Å². The third kappa shape index (κ3) is 3.03. The Morgan fingerprint density at radius 3 is 2.18 bits per heavy atom. The van der Waals surface area contributed by atoms with Gasteiger partial charge in [0.2, 0.25) is 10.0 Å². The molecule has 0 saturated carbocycles. The predicted octanol–water partition coefficient (Wildman–Crippen LogP) is 0.890. The van der Waals surface area contributed by atoms with Crippen LogP contribution in [0.15, 0.2) is 12.7 Å². The Balaban J connectivity index is 4.37. The summed E-state index contributed by atoms with van der Waals surface area (Å²) in [5, 5.41) is 0. The van der Waals surface area contributed by atoms with Crippen LogP contribution in [0.5, 0.6) is 0 Å². The van der Waals surface area contributed by atoms with Crippen LogP contribution in [-0.2, 0) is 10.0 Å². The average molecular weight is 177 g/mol. The van der Waals surface area contributed by atoms with Crippen molar-refractivity contribution in [3.05, 3.63) is 12.7 Å². The summed E-state index contributed by atoms with van der Waals surface area (Å²) >= 11 is 0. The van der Waals surface area contributed by atoms with Crippen molar-refractivity contribution in [3.8, 4) is 0 Å². The van der Waals surface area contributed by atoms with E-state index >= 15 is 0 Å². The van der Waals surface area contributed by atoms with Crippen LogP contribution in [0.25, 0.3) is 0 Å². The van der Waals surface area contributed by atoms with Gasteiger partial charge < -0.3 is 0 Å². The minimum absolute atomic E-state index is 0.291. The summed E-state index contributed by atoms with van der Waals surface area (Å²) in [5.41, 5.74) is 0. The summed E-state index contributed by atoms with van der Waals surface area (Å²) in [4.78, 5) is 0. The number of nitrogens with one attached hydrogen (secondary N) is 1. The van der Waals surface area contributed by atoms with Crippen molar-refractivity contribution >= 4 is 10.0 Å². The normalized spacial score (nSPS) is 13.0. The molecule has 0 amide bonds. The molecule has 0 fully saturated rings. The monoisotopic (exact) mass is 177 g/mol. The minimum Gasteiger partial charge on any atom is -0.212 e. The highest BCUT2D eigenvalue weighted by Gasteiger charge is 2.27. The molecular weight excluding hydrogens is 162 g/mol. The Morgan fingerprint density at radius 1 is 1.45 bits per heavy atom. The van der Waals surface area contributed by atoms with Gasteiger partial charge in [-0.2, -0.15) is 0 Å². The first-order valence-electron chi connectivity index (χ1n) is 3.41. The van der Waals surface area contributed by atoms with E-state index in [1.807, 2.05) is 0 Å². The molecule has 0 bridgehead atoms. The second-order valence-corrected chi connectivity index (χ2v) is 5.77. The maximum Gasteiger partial charge on any atom is 0.216 e. The molecule has 11 heavy (non-hydrogen) atoms. The fourth-order valence-electron chi connectivity index (χ4n) is 0.385. The number of sulfonamides is 1. The maximum absolute atomic E-state index is 11.3. The summed E-state index contributed by atoms with van der Waals surface area (Å²) in [7, 11) is -3.18. The largest absolute Gasteiger partial charge is 0.216 e. The zero-order chi connectivity index (χ0) is 9.12. The smallest absolute Gasteiger partial charge is 0.212 e. The highest BCUT2D eigenvalue weighted by atomic mass is 32.2. The molecule has 0 aliphatic heterocycles. The minimum atomic E-state index is -3.18. The molecule has 0 radical (unpaired) electrons. The zero-order valence-electron chi connectivity index (χ0n) is 7.22. The van der Waals surface area contributed by atoms with Gasteiger partial charge in [-0.3, -0.25) is 0 Å². The molecule has 0 aromatic heterocycles. The molecule has 0 aromatic rings. The lowest BCUT2D eigenvalue weighted by atomic mass is 10.3. The quantitative estimate of drug-likeness (QED) is 0.651. The molecule has 0 aliphatic rings. The molecule has 3 nitrogen and oxygen atoms in total. The van der Waals surface area contributed by atoms with Gasteiger partial charge in [-0.15, -0.1) is 6.58 Å². The first-order valence-corrected chi connectivity index (χ1v) is 4.89. The van der Waals surface area contributed by atoms with E-state index in [-0.39, 0.29) is 0 Å². The lowest BCUT2D eigenvalue weighted by Crippen LogP contribution is -2.39.